The molecule has 1 aromatic heterocycles. The topological polar surface area (TPSA) is 34.0 Å². The van der Waals surface area contributed by atoms with Gasteiger partial charge in [-0.3, -0.25) is 4.79 Å². The maximum Gasteiger partial charge on any atom is 0.170 e. The van der Waals surface area contributed by atoms with Gasteiger partial charge in [0.25, 0.3) is 0 Å². The third-order valence-electron chi connectivity index (χ3n) is 4.04. The van der Waals surface area contributed by atoms with Crippen LogP contribution in [0.4, 0.5) is 11.4 Å². The van der Waals surface area contributed by atoms with Gasteiger partial charge in [0.2, 0.25) is 0 Å². The van der Waals surface area contributed by atoms with Crippen LogP contribution in [-0.2, 0) is 13.5 Å². The summed E-state index contributed by atoms with van der Waals surface area (Å²) >= 11 is 0. The molecule has 0 aliphatic carbocycles. The second kappa shape index (κ2) is 3.97. The van der Waals surface area contributed by atoms with Crippen LogP contribution in [-0.4, -0.2) is 10.4 Å². The average molecular weight is 262 g/mol. The summed E-state index contributed by atoms with van der Waals surface area (Å²) in [6.07, 6.45) is 0.435. The summed E-state index contributed by atoms with van der Waals surface area (Å²) in [5.41, 5.74) is 4.92. The quantitative estimate of drug-likeness (QED) is 0.671. The lowest BCUT2D eigenvalue weighted by Crippen LogP contribution is -2.05. The molecule has 0 atom stereocenters. The Kier molecular flexibility index (Phi) is 2.24. The van der Waals surface area contributed by atoms with Gasteiger partial charge in [0, 0.05) is 29.4 Å². The molecule has 1 aliphatic rings. The molecule has 2 heterocycles. The van der Waals surface area contributed by atoms with Gasteiger partial charge in [0.05, 0.1) is 17.6 Å². The van der Waals surface area contributed by atoms with Gasteiger partial charge < -0.3 is 9.88 Å². The van der Waals surface area contributed by atoms with E-state index < -0.39 is 0 Å². The minimum atomic E-state index is 0.165. The van der Waals surface area contributed by atoms with E-state index >= 15 is 0 Å². The predicted octanol–water partition coefficient (Wildman–Crippen LogP) is 3.66. The molecule has 20 heavy (non-hydrogen) atoms. The van der Waals surface area contributed by atoms with Gasteiger partial charge in [-0.2, -0.15) is 0 Å². The molecule has 1 aliphatic heterocycles. The maximum absolute atomic E-state index is 12.4. The second-order valence-corrected chi connectivity index (χ2v) is 5.17. The number of aryl methyl sites for hydroxylation is 1. The van der Waals surface area contributed by atoms with Crippen molar-refractivity contribution in [1.82, 2.24) is 4.57 Å². The predicted molar refractivity (Wildman–Crippen MR) is 80.7 cm³/mol. The van der Waals surface area contributed by atoms with Crippen LogP contribution in [0, 0.1) is 0 Å². The largest absolute Gasteiger partial charge is 0.353 e. The molecule has 4 rings (SSSR count). The Labute approximate surface area is 116 Å². The molecule has 3 nitrogen and oxygen atoms in total. The average Bonchev–Trinajstić information content (AvgIpc) is 2.65. The summed E-state index contributed by atoms with van der Waals surface area (Å²) in [4.78, 5) is 12.4. The Morgan fingerprint density at radius 3 is 2.70 bits per heavy atom. The van der Waals surface area contributed by atoms with Crippen LogP contribution in [0.5, 0.6) is 0 Å². The molecule has 0 spiro atoms. The third-order valence-corrected chi connectivity index (χ3v) is 4.04. The smallest absolute Gasteiger partial charge is 0.170 e. The maximum atomic E-state index is 12.4. The van der Waals surface area contributed by atoms with E-state index in [0.717, 1.165) is 33.5 Å². The number of rotatable bonds is 0. The van der Waals surface area contributed by atoms with E-state index in [4.69, 9.17) is 0 Å². The van der Waals surface area contributed by atoms with Gasteiger partial charge in [-0.1, -0.05) is 30.3 Å². The number of carbonyl (C=O) groups is 1. The highest BCUT2D eigenvalue weighted by atomic mass is 16.1. The molecule has 0 saturated heterocycles. The number of hydrogen-bond acceptors (Lipinski definition) is 2. The molecule has 3 heteroatoms. The minimum Gasteiger partial charge on any atom is -0.353 e. The Morgan fingerprint density at radius 1 is 1.05 bits per heavy atom. The first-order valence-corrected chi connectivity index (χ1v) is 6.71. The lowest BCUT2D eigenvalue weighted by atomic mass is 10.1. The van der Waals surface area contributed by atoms with Crippen molar-refractivity contribution in [3.05, 3.63) is 59.8 Å². The highest BCUT2D eigenvalue weighted by molar-refractivity contribution is 6.09. The van der Waals surface area contributed by atoms with Crippen LogP contribution in [0.25, 0.3) is 10.9 Å². The molecular weight excluding hydrogens is 248 g/mol. The SMILES string of the molecule is Cn1c2c(c3ccccc31)Nc1ccccc1C(=O)C2. The second-order valence-electron chi connectivity index (χ2n) is 5.17. The van der Waals surface area contributed by atoms with Crippen molar-refractivity contribution in [3.63, 3.8) is 0 Å². The Hall–Kier alpha value is -2.55. The monoisotopic (exact) mass is 262 g/mol. The number of aromatic nitrogens is 1. The van der Waals surface area contributed by atoms with Gasteiger partial charge in [-0.15, -0.1) is 0 Å². The number of Topliss-reactive ketones (excluding diaryl/α,β-unsaturated/α-hetero) is 1. The number of carbonyl (C=O) groups excluding carboxylic acids is 1. The Morgan fingerprint density at radius 2 is 1.80 bits per heavy atom. The van der Waals surface area contributed by atoms with Gasteiger partial charge in [-0.25, -0.2) is 0 Å². The number of ketones is 1. The number of benzene rings is 2. The minimum absolute atomic E-state index is 0.165. The first kappa shape index (κ1) is 11.3. The fourth-order valence-corrected chi connectivity index (χ4v) is 3.01. The highest BCUT2D eigenvalue weighted by Gasteiger charge is 2.23. The summed E-state index contributed by atoms with van der Waals surface area (Å²) in [6, 6.07) is 16.0. The molecule has 2 aromatic carbocycles. The molecule has 0 amide bonds. The summed E-state index contributed by atoms with van der Waals surface area (Å²) in [5.74, 6) is 0.165. The first-order valence-electron chi connectivity index (χ1n) is 6.71. The Balaban J connectivity index is 2.04. The third kappa shape index (κ3) is 1.43. The van der Waals surface area contributed by atoms with Crippen LogP contribution in [0.3, 0.4) is 0 Å². The molecule has 0 fully saturated rings. The number of nitrogens with zero attached hydrogens (tertiary/aromatic N) is 1. The van der Waals surface area contributed by atoms with E-state index in [-0.39, 0.29) is 5.78 Å². The number of para-hydroxylation sites is 2. The zero-order chi connectivity index (χ0) is 13.7. The van der Waals surface area contributed by atoms with Crippen LogP contribution in [0.15, 0.2) is 48.5 Å². The standard InChI is InChI=1S/C17H14N2O/c1-19-14-9-5-3-7-12(14)17-15(19)10-16(20)11-6-2-4-8-13(11)18-17/h2-9,18H,10H2,1H3. The molecule has 98 valence electrons. The van der Waals surface area contributed by atoms with E-state index in [1.54, 1.807) is 0 Å². The fourth-order valence-electron chi connectivity index (χ4n) is 3.01. The van der Waals surface area contributed by atoms with Crippen LogP contribution in [0.1, 0.15) is 16.1 Å². The molecule has 3 aromatic rings. The van der Waals surface area contributed by atoms with Gasteiger partial charge in [-0.05, 0) is 18.2 Å². The number of fused-ring (bicyclic) bond motifs is 4. The van der Waals surface area contributed by atoms with Crippen LogP contribution < -0.4 is 5.32 Å². The highest BCUT2D eigenvalue weighted by Crippen LogP contribution is 2.36. The van der Waals surface area contributed by atoms with Crippen molar-refractivity contribution in [3.8, 4) is 0 Å². The zero-order valence-corrected chi connectivity index (χ0v) is 11.2. The van der Waals surface area contributed by atoms with Gasteiger partial charge in [0.15, 0.2) is 5.78 Å². The van der Waals surface area contributed by atoms with Crippen molar-refractivity contribution in [1.29, 1.82) is 0 Å². The van der Waals surface area contributed by atoms with Crippen molar-refractivity contribution < 1.29 is 4.79 Å². The van der Waals surface area contributed by atoms with Crippen molar-refractivity contribution in [2.24, 2.45) is 7.05 Å². The number of hydrogen-bond donors (Lipinski definition) is 1. The summed E-state index contributed by atoms with van der Waals surface area (Å²) in [6.45, 7) is 0. The van der Waals surface area contributed by atoms with Gasteiger partial charge >= 0.3 is 0 Å². The van der Waals surface area contributed by atoms with Gasteiger partial charge in [0.1, 0.15) is 0 Å². The summed E-state index contributed by atoms with van der Waals surface area (Å²) in [7, 11) is 2.02. The van der Waals surface area contributed by atoms with Crippen molar-refractivity contribution in [2.75, 3.05) is 5.32 Å². The first-order chi connectivity index (χ1) is 9.75. The van der Waals surface area contributed by atoms with E-state index in [9.17, 15) is 4.79 Å². The summed E-state index contributed by atoms with van der Waals surface area (Å²) in [5, 5.41) is 4.62. The van der Waals surface area contributed by atoms with Crippen LogP contribution in [0.2, 0.25) is 0 Å². The lowest BCUT2D eigenvalue weighted by molar-refractivity contribution is 0.0993. The molecule has 1 N–H and O–H groups in total. The lowest BCUT2D eigenvalue weighted by Gasteiger charge is -2.06. The molecule has 0 radical (unpaired) electrons. The van der Waals surface area contributed by atoms with Crippen molar-refractivity contribution in [2.45, 2.75) is 6.42 Å². The number of nitrogens with one attached hydrogen (secondary N) is 1. The van der Waals surface area contributed by atoms with E-state index in [1.807, 2.05) is 43.4 Å². The van der Waals surface area contributed by atoms with Crippen molar-refractivity contribution >= 4 is 28.1 Å². The Bertz CT molecular complexity index is 845. The molecular formula is C17H14N2O. The number of anilines is 2. The van der Waals surface area contributed by atoms with E-state index in [1.165, 1.54) is 0 Å². The fraction of sp³-hybridized carbons (Fsp3) is 0.118. The van der Waals surface area contributed by atoms with E-state index in [2.05, 4.69) is 22.0 Å². The van der Waals surface area contributed by atoms with Crippen LogP contribution >= 0.6 is 0 Å². The molecule has 0 bridgehead atoms. The zero-order valence-electron chi connectivity index (χ0n) is 11.2. The summed E-state index contributed by atoms with van der Waals surface area (Å²) < 4.78 is 2.11. The molecule has 0 unspecified atom stereocenters. The van der Waals surface area contributed by atoms with E-state index in [0.29, 0.717) is 6.42 Å². The molecule has 0 saturated carbocycles. The normalized spacial score (nSPS) is 13.6.